The Balaban J connectivity index is 2.15. The van der Waals surface area contributed by atoms with E-state index >= 15 is 0 Å². The van der Waals surface area contributed by atoms with Gasteiger partial charge in [-0.3, -0.25) is 0 Å². The molecule has 0 atom stereocenters. The van der Waals surface area contributed by atoms with E-state index in [0.717, 1.165) is 12.2 Å². The first-order chi connectivity index (χ1) is 8.05. The molecule has 0 fully saturated rings. The Kier molecular flexibility index (Phi) is 5.57. The summed E-state index contributed by atoms with van der Waals surface area (Å²) in [6.07, 6.45) is 3.09. The summed E-state index contributed by atoms with van der Waals surface area (Å²) in [7, 11) is -0.980. The minimum Gasteiger partial charge on any atom is -0.321 e. The van der Waals surface area contributed by atoms with Crippen molar-refractivity contribution in [1.82, 2.24) is 20.1 Å². The largest absolute Gasteiger partial charge is 0.321 e. The van der Waals surface area contributed by atoms with Gasteiger partial charge in [0.05, 0.1) is 5.75 Å². The van der Waals surface area contributed by atoms with Crippen molar-refractivity contribution in [1.29, 1.82) is 0 Å². The van der Waals surface area contributed by atoms with Crippen LogP contribution in [0.25, 0.3) is 0 Å². The second-order valence-corrected chi connectivity index (χ2v) is 6.31. The van der Waals surface area contributed by atoms with E-state index in [2.05, 4.69) is 15.5 Å². The van der Waals surface area contributed by atoms with Crippen LogP contribution < -0.4 is 5.32 Å². The average Bonchev–Trinajstić information content (AvgIpc) is 2.63. The summed E-state index contributed by atoms with van der Waals surface area (Å²) < 4.78 is 24.7. The van der Waals surface area contributed by atoms with Gasteiger partial charge in [0.2, 0.25) is 0 Å². The maximum Gasteiger partial charge on any atom is 0.151 e. The van der Waals surface area contributed by atoms with Gasteiger partial charge in [0.1, 0.15) is 12.2 Å². The van der Waals surface area contributed by atoms with Crippen LogP contribution in [0, 0.1) is 0 Å². The average molecular weight is 260 g/mol. The first-order valence-corrected chi connectivity index (χ1v) is 7.61. The van der Waals surface area contributed by atoms with E-state index < -0.39 is 9.84 Å². The van der Waals surface area contributed by atoms with Crippen molar-refractivity contribution < 1.29 is 8.42 Å². The van der Waals surface area contributed by atoms with Gasteiger partial charge in [-0.2, -0.15) is 0 Å². The van der Waals surface area contributed by atoms with Gasteiger partial charge in [0.25, 0.3) is 0 Å². The number of sulfone groups is 1. The lowest BCUT2D eigenvalue weighted by Crippen LogP contribution is -2.26. The molecule has 1 aromatic rings. The minimum atomic E-state index is -2.87. The highest BCUT2D eigenvalue weighted by molar-refractivity contribution is 7.91. The van der Waals surface area contributed by atoms with Crippen molar-refractivity contribution in [3.63, 3.8) is 0 Å². The molecule has 0 saturated heterocycles. The Morgan fingerprint density at radius 2 is 2.12 bits per heavy atom. The molecule has 0 aliphatic rings. The van der Waals surface area contributed by atoms with Gasteiger partial charge >= 0.3 is 0 Å². The van der Waals surface area contributed by atoms with Gasteiger partial charge in [-0.1, -0.05) is 6.92 Å². The van der Waals surface area contributed by atoms with E-state index in [1.165, 1.54) is 0 Å². The van der Waals surface area contributed by atoms with Crippen LogP contribution in [0.1, 0.15) is 19.2 Å². The standard InChI is InChI=1S/C10H20N4O2S/c1-3-7-17(15,16)8-6-11-5-4-10-13-12-9-14(10)2/h9,11H,3-8H2,1-2H3. The first-order valence-electron chi connectivity index (χ1n) is 5.79. The number of hydrogen-bond donors (Lipinski definition) is 1. The predicted molar refractivity (Wildman–Crippen MR) is 66.5 cm³/mol. The fourth-order valence-corrected chi connectivity index (χ4v) is 2.78. The summed E-state index contributed by atoms with van der Waals surface area (Å²) in [5.74, 6) is 1.38. The maximum atomic E-state index is 11.4. The zero-order chi connectivity index (χ0) is 12.7. The SMILES string of the molecule is CCCS(=O)(=O)CCNCCc1nncn1C. The van der Waals surface area contributed by atoms with Gasteiger partial charge in [-0.25, -0.2) is 8.42 Å². The first kappa shape index (κ1) is 14.1. The fourth-order valence-electron chi connectivity index (χ4n) is 1.50. The Morgan fingerprint density at radius 3 is 2.71 bits per heavy atom. The zero-order valence-corrected chi connectivity index (χ0v) is 11.2. The molecule has 1 heterocycles. The summed E-state index contributed by atoms with van der Waals surface area (Å²) in [6.45, 7) is 3.09. The molecule has 0 amide bonds. The molecule has 0 bridgehead atoms. The molecule has 1 N–H and O–H groups in total. The van der Waals surface area contributed by atoms with Crippen LogP contribution in [0.5, 0.6) is 0 Å². The molecule has 0 aromatic carbocycles. The number of rotatable bonds is 8. The topological polar surface area (TPSA) is 76.9 Å². The zero-order valence-electron chi connectivity index (χ0n) is 10.4. The second kappa shape index (κ2) is 6.70. The molecular weight excluding hydrogens is 240 g/mol. The summed E-state index contributed by atoms with van der Waals surface area (Å²) in [5.41, 5.74) is 0. The molecule has 7 heteroatoms. The summed E-state index contributed by atoms with van der Waals surface area (Å²) in [5, 5.41) is 10.8. The molecule has 6 nitrogen and oxygen atoms in total. The number of aromatic nitrogens is 3. The number of nitrogens with zero attached hydrogens (tertiary/aromatic N) is 3. The van der Waals surface area contributed by atoms with E-state index in [9.17, 15) is 8.42 Å². The fraction of sp³-hybridized carbons (Fsp3) is 0.800. The molecule has 98 valence electrons. The summed E-state index contributed by atoms with van der Waals surface area (Å²) in [4.78, 5) is 0. The normalized spacial score (nSPS) is 11.9. The Labute approximate surface area is 102 Å². The van der Waals surface area contributed by atoms with Crippen molar-refractivity contribution in [3.05, 3.63) is 12.2 Å². The molecule has 0 unspecified atom stereocenters. The van der Waals surface area contributed by atoms with Crippen LogP contribution in [-0.2, 0) is 23.3 Å². The van der Waals surface area contributed by atoms with Gasteiger partial charge in [-0.15, -0.1) is 10.2 Å². The van der Waals surface area contributed by atoms with Crippen LogP contribution >= 0.6 is 0 Å². The van der Waals surface area contributed by atoms with E-state index in [0.29, 0.717) is 19.5 Å². The molecule has 17 heavy (non-hydrogen) atoms. The Hall–Kier alpha value is -0.950. The van der Waals surface area contributed by atoms with Crippen LogP contribution in [0.2, 0.25) is 0 Å². The minimum absolute atomic E-state index is 0.208. The second-order valence-electron chi connectivity index (χ2n) is 4.01. The third-order valence-corrected chi connectivity index (χ3v) is 4.29. The molecule has 0 aliphatic carbocycles. The quantitative estimate of drug-likeness (QED) is 0.653. The molecular formula is C10H20N4O2S. The van der Waals surface area contributed by atoms with Crippen molar-refractivity contribution in [2.45, 2.75) is 19.8 Å². The van der Waals surface area contributed by atoms with Crippen molar-refractivity contribution in [3.8, 4) is 0 Å². The van der Waals surface area contributed by atoms with Crippen LogP contribution in [0.15, 0.2) is 6.33 Å². The van der Waals surface area contributed by atoms with E-state index in [1.54, 1.807) is 6.33 Å². The van der Waals surface area contributed by atoms with Crippen LogP contribution in [0.3, 0.4) is 0 Å². The van der Waals surface area contributed by atoms with Gasteiger partial charge < -0.3 is 9.88 Å². The van der Waals surface area contributed by atoms with Gasteiger partial charge in [0.15, 0.2) is 9.84 Å². The lowest BCUT2D eigenvalue weighted by Gasteiger charge is -2.05. The van der Waals surface area contributed by atoms with E-state index in [-0.39, 0.29) is 11.5 Å². The monoisotopic (exact) mass is 260 g/mol. The Bertz CT molecular complexity index is 427. The highest BCUT2D eigenvalue weighted by atomic mass is 32.2. The number of hydrogen-bond acceptors (Lipinski definition) is 5. The smallest absolute Gasteiger partial charge is 0.151 e. The van der Waals surface area contributed by atoms with Crippen LogP contribution in [-0.4, -0.2) is 47.8 Å². The van der Waals surface area contributed by atoms with Crippen LogP contribution in [0.4, 0.5) is 0 Å². The third kappa shape index (κ3) is 5.27. The lowest BCUT2D eigenvalue weighted by molar-refractivity contribution is 0.588. The maximum absolute atomic E-state index is 11.4. The molecule has 0 radical (unpaired) electrons. The molecule has 0 spiro atoms. The Morgan fingerprint density at radius 1 is 1.35 bits per heavy atom. The number of aryl methyl sites for hydroxylation is 1. The predicted octanol–water partition coefficient (Wildman–Crippen LogP) is -0.228. The summed E-state index contributed by atoms with van der Waals surface area (Å²) >= 11 is 0. The van der Waals surface area contributed by atoms with Crippen molar-refractivity contribution in [2.75, 3.05) is 24.6 Å². The van der Waals surface area contributed by atoms with E-state index in [4.69, 9.17) is 0 Å². The molecule has 1 rings (SSSR count). The van der Waals surface area contributed by atoms with Gasteiger partial charge in [0, 0.05) is 32.3 Å². The highest BCUT2D eigenvalue weighted by Gasteiger charge is 2.08. The highest BCUT2D eigenvalue weighted by Crippen LogP contribution is 1.93. The van der Waals surface area contributed by atoms with E-state index in [1.807, 2.05) is 18.5 Å². The number of nitrogens with one attached hydrogen (secondary N) is 1. The van der Waals surface area contributed by atoms with Crippen molar-refractivity contribution in [2.24, 2.45) is 7.05 Å². The summed E-state index contributed by atoms with van der Waals surface area (Å²) in [6, 6.07) is 0. The third-order valence-electron chi connectivity index (χ3n) is 2.44. The van der Waals surface area contributed by atoms with Crippen molar-refractivity contribution >= 4 is 9.84 Å². The molecule has 1 aromatic heterocycles. The molecule has 0 aliphatic heterocycles. The lowest BCUT2D eigenvalue weighted by atomic mass is 10.4. The molecule has 0 saturated carbocycles. The van der Waals surface area contributed by atoms with Gasteiger partial charge in [-0.05, 0) is 6.42 Å².